The zero-order valence-electron chi connectivity index (χ0n) is 9.52. The molecule has 0 amide bonds. The van der Waals surface area contributed by atoms with Crippen molar-refractivity contribution >= 4 is 27.3 Å². The van der Waals surface area contributed by atoms with E-state index in [1.54, 1.807) is 12.4 Å². The highest BCUT2D eigenvalue weighted by Gasteiger charge is 2.09. The Morgan fingerprint density at radius 1 is 1.29 bits per heavy atom. The van der Waals surface area contributed by atoms with Crippen LogP contribution in [0.3, 0.4) is 0 Å². The summed E-state index contributed by atoms with van der Waals surface area (Å²) >= 11 is 3.46. The zero-order chi connectivity index (χ0) is 12.3. The van der Waals surface area contributed by atoms with Crippen LogP contribution in [0.2, 0.25) is 0 Å². The first-order chi connectivity index (χ1) is 8.18. The van der Waals surface area contributed by atoms with Gasteiger partial charge in [0, 0.05) is 18.1 Å². The van der Waals surface area contributed by atoms with Gasteiger partial charge in [-0.3, -0.25) is 4.98 Å². The van der Waals surface area contributed by atoms with Crippen molar-refractivity contribution in [1.82, 2.24) is 4.98 Å². The minimum Gasteiger partial charge on any atom is -0.398 e. The molecule has 17 heavy (non-hydrogen) atoms. The average molecular weight is 292 g/mol. The summed E-state index contributed by atoms with van der Waals surface area (Å²) in [5, 5.41) is 3.40. The summed E-state index contributed by atoms with van der Waals surface area (Å²) in [6, 6.07) is 9.95. The fraction of sp³-hybridized carbons (Fsp3) is 0.154. The van der Waals surface area contributed by atoms with E-state index in [2.05, 4.69) is 33.2 Å². The molecule has 1 aromatic heterocycles. The number of nitrogens with two attached hydrogens (primary N) is 1. The van der Waals surface area contributed by atoms with E-state index >= 15 is 0 Å². The van der Waals surface area contributed by atoms with Crippen LogP contribution in [0.5, 0.6) is 0 Å². The molecular weight excluding hydrogens is 278 g/mol. The summed E-state index contributed by atoms with van der Waals surface area (Å²) in [7, 11) is 0. The summed E-state index contributed by atoms with van der Waals surface area (Å²) < 4.78 is 0.946. The van der Waals surface area contributed by atoms with Crippen LogP contribution in [0.15, 0.2) is 47.2 Å². The normalized spacial score (nSPS) is 12.1. The molecule has 2 rings (SSSR count). The van der Waals surface area contributed by atoms with Crippen molar-refractivity contribution in [2.45, 2.75) is 13.0 Å². The first kappa shape index (κ1) is 11.9. The molecule has 0 bridgehead atoms. The molecule has 1 heterocycles. The molecule has 0 spiro atoms. The smallest absolute Gasteiger partial charge is 0.0590 e. The Balaban J connectivity index is 2.20. The van der Waals surface area contributed by atoms with Gasteiger partial charge in [0.2, 0.25) is 0 Å². The first-order valence-corrected chi connectivity index (χ1v) is 6.18. The Bertz CT molecular complexity index is 514. The second kappa shape index (κ2) is 5.19. The molecule has 4 heteroatoms. The van der Waals surface area contributed by atoms with E-state index in [0.29, 0.717) is 0 Å². The third-order valence-corrected chi connectivity index (χ3v) is 3.24. The molecular formula is C13H14BrN3. The maximum absolute atomic E-state index is 5.95. The number of pyridine rings is 1. The van der Waals surface area contributed by atoms with E-state index < -0.39 is 0 Å². The van der Waals surface area contributed by atoms with E-state index in [-0.39, 0.29) is 6.04 Å². The van der Waals surface area contributed by atoms with Crippen LogP contribution in [0.4, 0.5) is 11.4 Å². The molecule has 0 radical (unpaired) electrons. The second-order valence-corrected chi connectivity index (χ2v) is 4.70. The monoisotopic (exact) mass is 291 g/mol. The Hall–Kier alpha value is -1.55. The molecule has 0 fully saturated rings. The van der Waals surface area contributed by atoms with Crippen molar-refractivity contribution in [3.63, 3.8) is 0 Å². The molecule has 1 aromatic carbocycles. The van der Waals surface area contributed by atoms with Gasteiger partial charge in [-0.25, -0.2) is 0 Å². The molecule has 1 atom stereocenters. The quantitative estimate of drug-likeness (QED) is 0.850. The summed E-state index contributed by atoms with van der Waals surface area (Å²) in [6.07, 6.45) is 3.53. The number of benzene rings is 1. The van der Waals surface area contributed by atoms with E-state index in [4.69, 9.17) is 5.73 Å². The minimum absolute atomic E-state index is 0.148. The third-order valence-electron chi connectivity index (χ3n) is 2.61. The number of hydrogen-bond acceptors (Lipinski definition) is 3. The van der Waals surface area contributed by atoms with Crippen molar-refractivity contribution in [1.29, 1.82) is 0 Å². The van der Waals surface area contributed by atoms with Gasteiger partial charge in [0.05, 0.1) is 16.2 Å². The van der Waals surface area contributed by atoms with Gasteiger partial charge in [-0.05, 0) is 40.5 Å². The second-order valence-electron chi connectivity index (χ2n) is 3.85. The lowest BCUT2D eigenvalue weighted by Crippen LogP contribution is -2.09. The zero-order valence-corrected chi connectivity index (χ0v) is 11.1. The van der Waals surface area contributed by atoms with Gasteiger partial charge in [-0.2, -0.15) is 0 Å². The minimum atomic E-state index is 0.148. The molecule has 2 aromatic rings. The van der Waals surface area contributed by atoms with Crippen LogP contribution in [-0.2, 0) is 0 Å². The van der Waals surface area contributed by atoms with Gasteiger partial charge in [-0.15, -0.1) is 0 Å². The third kappa shape index (κ3) is 2.77. The molecule has 0 aliphatic heterocycles. The largest absolute Gasteiger partial charge is 0.398 e. The van der Waals surface area contributed by atoms with Crippen LogP contribution in [0, 0.1) is 0 Å². The van der Waals surface area contributed by atoms with Crippen LogP contribution in [-0.4, -0.2) is 4.98 Å². The Labute approximate surface area is 109 Å². The SMILES string of the molecule is CC(Nc1ccncc1Br)c1ccccc1N. The lowest BCUT2D eigenvalue weighted by Gasteiger charge is -2.18. The Morgan fingerprint density at radius 3 is 2.76 bits per heavy atom. The van der Waals surface area contributed by atoms with Crippen LogP contribution in [0.25, 0.3) is 0 Å². The van der Waals surface area contributed by atoms with E-state index in [1.807, 2.05) is 30.3 Å². The highest BCUT2D eigenvalue weighted by molar-refractivity contribution is 9.10. The number of rotatable bonds is 3. The fourth-order valence-corrected chi connectivity index (χ4v) is 2.07. The number of aromatic nitrogens is 1. The Kier molecular flexibility index (Phi) is 3.64. The van der Waals surface area contributed by atoms with Gasteiger partial charge in [0.15, 0.2) is 0 Å². The molecule has 3 N–H and O–H groups in total. The summed E-state index contributed by atoms with van der Waals surface area (Å²) in [5.41, 5.74) is 8.86. The lowest BCUT2D eigenvalue weighted by molar-refractivity contribution is 0.886. The van der Waals surface area contributed by atoms with Crippen molar-refractivity contribution in [2.24, 2.45) is 0 Å². The predicted molar refractivity (Wildman–Crippen MR) is 74.8 cm³/mol. The first-order valence-electron chi connectivity index (χ1n) is 5.39. The van der Waals surface area contributed by atoms with Crippen molar-refractivity contribution in [3.8, 4) is 0 Å². The van der Waals surface area contributed by atoms with Gasteiger partial charge in [0.1, 0.15) is 0 Å². The van der Waals surface area contributed by atoms with Crippen molar-refractivity contribution in [3.05, 3.63) is 52.8 Å². The fourth-order valence-electron chi connectivity index (χ4n) is 1.71. The average Bonchev–Trinajstić information content (AvgIpc) is 2.32. The highest BCUT2D eigenvalue weighted by atomic mass is 79.9. The van der Waals surface area contributed by atoms with Gasteiger partial charge in [-0.1, -0.05) is 18.2 Å². The van der Waals surface area contributed by atoms with Crippen molar-refractivity contribution < 1.29 is 0 Å². The maximum Gasteiger partial charge on any atom is 0.0590 e. The van der Waals surface area contributed by atoms with Gasteiger partial charge in [0.25, 0.3) is 0 Å². The maximum atomic E-state index is 5.95. The number of nitrogens with one attached hydrogen (secondary N) is 1. The van der Waals surface area contributed by atoms with Crippen molar-refractivity contribution in [2.75, 3.05) is 11.1 Å². The molecule has 1 unspecified atom stereocenters. The summed E-state index contributed by atoms with van der Waals surface area (Å²) in [4.78, 5) is 4.03. The highest BCUT2D eigenvalue weighted by Crippen LogP contribution is 2.27. The molecule has 3 nitrogen and oxygen atoms in total. The number of hydrogen-bond donors (Lipinski definition) is 2. The lowest BCUT2D eigenvalue weighted by atomic mass is 10.1. The van der Waals surface area contributed by atoms with E-state index in [9.17, 15) is 0 Å². The molecule has 88 valence electrons. The molecule has 0 saturated heterocycles. The van der Waals surface area contributed by atoms with Gasteiger partial charge >= 0.3 is 0 Å². The number of nitrogen functional groups attached to an aromatic ring is 1. The van der Waals surface area contributed by atoms with Crippen LogP contribution >= 0.6 is 15.9 Å². The predicted octanol–water partition coefficient (Wildman–Crippen LogP) is 3.60. The van der Waals surface area contributed by atoms with Crippen LogP contribution in [0.1, 0.15) is 18.5 Å². The topological polar surface area (TPSA) is 50.9 Å². The Morgan fingerprint density at radius 2 is 2.06 bits per heavy atom. The van der Waals surface area contributed by atoms with E-state index in [0.717, 1.165) is 21.4 Å². The number of para-hydroxylation sites is 1. The molecule has 0 aliphatic rings. The molecule has 0 saturated carbocycles. The summed E-state index contributed by atoms with van der Waals surface area (Å²) in [6.45, 7) is 2.08. The number of halogens is 1. The number of anilines is 2. The van der Waals surface area contributed by atoms with Gasteiger partial charge < -0.3 is 11.1 Å². The molecule has 0 aliphatic carbocycles. The van der Waals surface area contributed by atoms with Crippen LogP contribution < -0.4 is 11.1 Å². The van der Waals surface area contributed by atoms with E-state index in [1.165, 1.54) is 0 Å². The number of nitrogens with zero attached hydrogens (tertiary/aromatic N) is 1. The standard InChI is InChI=1S/C13H14BrN3/c1-9(10-4-2-3-5-12(10)15)17-13-6-7-16-8-11(13)14/h2-9H,15H2,1H3,(H,16,17). The summed E-state index contributed by atoms with van der Waals surface area (Å²) in [5.74, 6) is 0.